The maximum absolute atomic E-state index is 12.8. The zero-order chi connectivity index (χ0) is 17.2. The van der Waals surface area contributed by atoms with Crippen molar-refractivity contribution in [3.8, 4) is 5.69 Å². The number of amides is 1. The number of nitrogens with zero attached hydrogens (tertiary/aromatic N) is 4. The first-order valence-electron chi connectivity index (χ1n) is 9.20. The van der Waals surface area contributed by atoms with Gasteiger partial charge < -0.3 is 4.90 Å². The second-order valence-corrected chi connectivity index (χ2v) is 8.24. The largest absolute Gasteiger partial charge is 0.342 e. The van der Waals surface area contributed by atoms with Crippen LogP contribution in [0, 0.1) is 0 Å². The Balaban J connectivity index is 1.57. The summed E-state index contributed by atoms with van der Waals surface area (Å²) in [6.45, 7) is 3.77. The molecule has 1 saturated heterocycles. The summed E-state index contributed by atoms with van der Waals surface area (Å²) in [6.07, 6.45) is 5.83. The molecular weight excluding hydrogens is 332 g/mol. The van der Waals surface area contributed by atoms with E-state index in [1.54, 1.807) is 0 Å². The van der Waals surface area contributed by atoms with Crippen LogP contribution in [0.2, 0.25) is 0 Å². The number of aromatic nitrogens is 3. The number of para-hydroxylation sites is 1. The van der Waals surface area contributed by atoms with Crippen LogP contribution in [-0.4, -0.2) is 43.9 Å². The highest BCUT2D eigenvalue weighted by Gasteiger charge is 2.32. The van der Waals surface area contributed by atoms with Gasteiger partial charge in [0.2, 0.25) is 5.91 Å². The Morgan fingerprint density at radius 2 is 1.84 bits per heavy atom. The monoisotopic (exact) mass is 356 g/mol. The fourth-order valence-electron chi connectivity index (χ4n) is 3.36. The number of rotatable bonds is 5. The van der Waals surface area contributed by atoms with Gasteiger partial charge in [0, 0.05) is 24.7 Å². The number of likely N-dealkylation sites (tertiary alicyclic amines) is 1. The van der Waals surface area contributed by atoms with Crippen molar-refractivity contribution in [3.05, 3.63) is 36.2 Å². The van der Waals surface area contributed by atoms with E-state index in [2.05, 4.69) is 26.9 Å². The molecular formula is C19H24N4OS. The number of piperidine rings is 1. The van der Waals surface area contributed by atoms with E-state index in [1.165, 1.54) is 31.0 Å². The fraction of sp³-hybridized carbons (Fsp3) is 0.526. The average molecular weight is 356 g/mol. The quantitative estimate of drug-likeness (QED) is 0.768. The van der Waals surface area contributed by atoms with Crippen LogP contribution in [0.1, 0.15) is 50.8 Å². The molecule has 1 atom stereocenters. The number of benzene rings is 1. The lowest BCUT2D eigenvalue weighted by Crippen LogP contribution is -2.40. The predicted octanol–water partition coefficient (Wildman–Crippen LogP) is 3.64. The normalized spacial score (nSPS) is 19.0. The molecule has 1 aromatic heterocycles. The van der Waals surface area contributed by atoms with Crippen LogP contribution in [0.4, 0.5) is 0 Å². The van der Waals surface area contributed by atoms with Gasteiger partial charge in [0.15, 0.2) is 5.16 Å². The average Bonchev–Trinajstić information content (AvgIpc) is 3.43. The van der Waals surface area contributed by atoms with Gasteiger partial charge in [-0.25, -0.2) is 0 Å². The van der Waals surface area contributed by atoms with Gasteiger partial charge in [-0.1, -0.05) is 30.0 Å². The molecule has 0 radical (unpaired) electrons. The molecule has 132 valence electrons. The van der Waals surface area contributed by atoms with E-state index in [-0.39, 0.29) is 11.2 Å². The van der Waals surface area contributed by atoms with Gasteiger partial charge >= 0.3 is 0 Å². The summed E-state index contributed by atoms with van der Waals surface area (Å²) < 4.78 is 2.14. The molecule has 25 heavy (non-hydrogen) atoms. The Bertz CT molecular complexity index is 735. The molecule has 2 heterocycles. The van der Waals surface area contributed by atoms with Gasteiger partial charge in [-0.15, -0.1) is 10.2 Å². The van der Waals surface area contributed by atoms with Crippen LogP contribution in [0.15, 0.2) is 35.5 Å². The van der Waals surface area contributed by atoms with Gasteiger partial charge in [-0.05, 0) is 51.2 Å². The molecule has 1 amide bonds. The first kappa shape index (κ1) is 16.6. The Hall–Kier alpha value is -1.82. The minimum atomic E-state index is -0.142. The van der Waals surface area contributed by atoms with Gasteiger partial charge in [0.05, 0.1) is 5.25 Å². The Morgan fingerprint density at radius 1 is 1.12 bits per heavy atom. The minimum absolute atomic E-state index is 0.142. The summed E-state index contributed by atoms with van der Waals surface area (Å²) in [5, 5.41) is 9.56. The molecule has 4 rings (SSSR count). The summed E-state index contributed by atoms with van der Waals surface area (Å²) in [5.41, 5.74) is 1.08. The SMILES string of the molecule is CC(Sc1nnc(C2CC2)n1-c1ccccc1)C(=O)N1CCCCC1. The predicted molar refractivity (Wildman–Crippen MR) is 99.1 cm³/mol. The standard InChI is InChI=1S/C19H24N4OS/c1-14(18(24)22-12-6-3-7-13-22)25-19-21-20-17(15-10-11-15)23(19)16-8-4-2-5-9-16/h2,4-5,8-9,14-15H,3,6-7,10-13H2,1H3. The van der Waals surface area contributed by atoms with Crippen LogP contribution in [0.5, 0.6) is 0 Å². The topological polar surface area (TPSA) is 51.0 Å². The number of carbonyl (C=O) groups excluding carboxylic acids is 1. The molecule has 1 saturated carbocycles. The van der Waals surface area contributed by atoms with Crippen molar-refractivity contribution in [3.63, 3.8) is 0 Å². The van der Waals surface area contributed by atoms with E-state index >= 15 is 0 Å². The molecule has 0 bridgehead atoms. The third-order valence-electron chi connectivity index (χ3n) is 4.91. The van der Waals surface area contributed by atoms with Crippen LogP contribution in [-0.2, 0) is 4.79 Å². The van der Waals surface area contributed by atoms with Crippen LogP contribution >= 0.6 is 11.8 Å². The van der Waals surface area contributed by atoms with E-state index in [1.807, 2.05) is 30.0 Å². The first-order valence-corrected chi connectivity index (χ1v) is 10.1. The molecule has 2 aliphatic rings. The molecule has 1 aliphatic heterocycles. The molecule has 5 nitrogen and oxygen atoms in total. The molecule has 0 spiro atoms. The van der Waals surface area contributed by atoms with E-state index in [9.17, 15) is 4.79 Å². The lowest BCUT2D eigenvalue weighted by atomic mass is 10.1. The van der Waals surface area contributed by atoms with Gasteiger partial charge in [-0.2, -0.15) is 0 Å². The van der Waals surface area contributed by atoms with Crippen LogP contribution in [0.25, 0.3) is 5.69 Å². The molecule has 2 fully saturated rings. The lowest BCUT2D eigenvalue weighted by Gasteiger charge is -2.28. The number of hydrogen-bond donors (Lipinski definition) is 0. The summed E-state index contributed by atoms with van der Waals surface area (Å²) in [5.74, 6) is 1.77. The zero-order valence-corrected chi connectivity index (χ0v) is 15.4. The third kappa shape index (κ3) is 3.59. The Labute approximate surface area is 152 Å². The van der Waals surface area contributed by atoms with Gasteiger partial charge in [-0.3, -0.25) is 9.36 Å². The third-order valence-corrected chi connectivity index (χ3v) is 5.94. The lowest BCUT2D eigenvalue weighted by molar-refractivity contribution is -0.131. The van der Waals surface area contributed by atoms with E-state index in [4.69, 9.17) is 0 Å². The molecule has 1 aromatic carbocycles. The molecule has 1 unspecified atom stereocenters. The summed E-state index contributed by atoms with van der Waals surface area (Å²) in [6, 6.07) is 10.2. The summed E-state index contributed by atoms with van der Waals surface area (Å²) in [7, 11) is 0. The number of thioether (sulfide) groups is 1. The Kier molecular flexibility index (Phi) is 4.79. The van der Waals surface area contributed by atoms with Crippen molar-refractivity contribution < 1.29 is 4.79 Å². The van der Waals surface area contributed by atoms with Crippen molar-refractivity contribution in [1.82, 2.24) is 19.7 Å². The van der Waals surface area contributed by atoms with Gasteiger partial charge in [0.1, 0.15) is 5.82 Å². The molecule has 2 aromatic rings. The molecule has 1 aliphatic carbocycles. The van der Waals surface area contributed by atoms with E-state index in [0.717, 1.165) is 42.6 Å². The minimum Gasteiger partial charge on any atom is -0.342 e. The summed E-state index contributed by atoms with van der Waals surface area (Å²) in [4.78, 5) is 14.8. The van der Waals surface area contributed by atoms with Crippen molar-refractivity contribution in [2.45, 2.75) is 55.4 Å². The van der Waals surface area contributed by atoms with Crippen LogP contribution in [0.3, 0.4) is 0 Å². The van der Waals surface area contributed by atoms with Crippen molar-refractivity contribution in [1.29, 1.82) is 0 Å². The first-order chi connectivity index (χ1) is 12.2. The maximum Gasteiger partial charge on any atom is 0.235 e. The van der Waals surface area contributed by atoms with Crippen LogP contribution < -0.4 is 0 Å². The highest BCUT2D eigenvalue weighted by Crippen LogP contribution is 2.41. The fourth-order valence-corrected chi connectivity index (χ4v) is 4.32. The second kappa shape index (κ2) is 7.20. The highest BCUT2D eigenvalue weighted by molar-refractivity contribution is 8.00. The smallest absolute Gasteiger partial charge is 0.235 e. The summed E-state index contributed by atoms with van der Waals surface area (Å²) >= 11 is 1.53. The van der Waals surface area contributed by atoms with Crippen molar-refractivity contribution in [2.75, 3.05) is 13.1 Å². The van der Waals surface area contributed by atoms with Crippen molar-refractivity contribution >= 4 is 17.7 Å². The molecule has 0 N–H and O–H groups in total. The van der Waals surface area contributed by atoms with Crippen molar-refractivity contribution in [2.24, 2.45) is 0 Å². The Morgan fingerprint density at radius 3 is 2.52 bits per heavy atom. The second-order valence-electron chi connectivity index (χ2n) is 6.93. The zero-order valence-electron chi connectivity index (χ0n) is 14.6. The van der Waals surface area contributed by atoms with E-state index in [0.29, 0.717) is 5.92 Å². The van der Waals surface area contributed by atoms with E-state index < -0.39 is 0 Å². The number of hydrogen-bond acceptors (Lipinski definition) is 4. The maximum atomic E-state index is 12.8. The highest BCUT2D eigenvalue weighted by atomic mass is 32.2. The van der Waals surface area contributed by atoms with Gasteiger partial charge in [0.25, 0.3) is 0 Å². The molecule has 6 heteroatoms. The number of carbonyl (C=O) groups is 1.